The molecule has 0 N–H and O–H groups in total. The molecule has 0 unspecified atom stereocenters. The molecule has 1 heterocycles. The zero-order valence-electron chi connectivity index (χ0n) is 15.4. The van der Waals surface area contributed by atoms with Crippen molar-refractivity contribution in [1.82, 2.24) is 0 Å². The van der Waals surface area contributed by atoms with Crippen LogP contribution in [0.2, 0.25) is 0 Å². The molecule has 132 valence electrons. The number of nitrogens with zero attached hydrogens (tertiary/aromatic N) is 3. The lowest BCUT2D eigenvalue weighted by Gasteiger charge is -2.25. The number of rotatable bonds is 3. The van der Waals surface area contributed by atoms with E-state index in [-0.39, 0.29) is 0 Å². The van der Waals surface area contributed by atoms with Crippen LogP contribution < -0.4 is 9.64 Å². The zero-order chi connectivity index (χ0) is 18.5. The molecule has 2 aromatic carbocycles. The van der Waals surface area contributed by atoms with Gasteiger partial charge in [0.25, 0.3) is 0 Å². The fourth-order valence-corrected chi connectivity index (χ4v) is 3.51. The molecule has 0 aliphatic carbocycles. The largest absolute Gasteiger partial charge is 0.455 e. The molecule has 0 saturated carbocycles. The van der Waals surface area contributed by atoms with Crippen LogP contribution in [0.25, 0.3) is 0 Å². The molecular formula is C22H23N3O. The van der Waals surface area contributed by atoms with Crippen LogP contribution in [0.1, 0.15) is 47.9 Å². The summed E-state index contributed by atoms with van der Waals surface area (Å²) in [5.74, 6) is 1.40. The van der Waals surface area contributed by atoms with Gasteiger partial charge >= 0.3 is 0 Å². The van der Waals surface area contributed by atoms with Crippen molar-refractivity contribution in [2.75, 3.05) is 18.0 Å². The van der Waals surface area contributed by atoms with Gasteiger partial charge < -0.3 is 9.64 Å². The lowest BCUT2D eigenvalue weighted by Crippen LogP contribution is -2.24. The molecule has 0 spiro atoms. The highest BCUT2D eigenvalue weighted by atomic mass is 16.5. The Balaban J connectivity index is 2.06. The number of hydrogen-bond donors (Lipinski definition) is 0. The Morgan fingerprint density at radius 1 is 0.808 bits per heavy atom. The van der Waals surface area contributed by atoms with Crippen molar-refractivity contribution >= 4 is 5.69 Å². The summed E-state index contributed by atoms with van der Waals surface area (Å²) in [7, 11) is 0. The molecule has 0 amide bonds. The Labute approximate surface area is 155 Å². The first-order valence-electron chi connectivity index (χ1n) is 9.10. The van der Waals surface area contributed by atoms with Gasteiger partial charge in [-0.2, -0.15) is 10.5 Å². The van der Waals surface area contributed by atoms with Crippen LogP contribution in [0, 0.1) is 36.5 Å². The highest BCUT2D eigenvalue weighted by Gasteiger charge is 2.18. The standard InChI is InChI=1S/C22H23N3O/c1-16-9-17(2)11-20(10-16)26-22-13-19(15-24)18(14-23)12-21(22)25-7-5-3-4-6-8-25/h9-13H,3-8H2,1-2H3. The van der Waals surface area contributed by atoms with E-state index >= 15 is 0 Å². The third kappa shape index (κ3) is 3.98. The first-order valence-corrected chi connectivity index (χ1v) is 9.10. The fraction of sp³-hybridized carbons (Fsp3) is 0.364. The number of ether oxygens (including phenoxy) is 1. The zero-order valence-corrected chi connectivity index (χ0v) is 15.4. The van der Waals surface area contributed by atoms with Gasteiger partial charge in [0.05, 0.1) is 16.8 Å². The summed E-state index contributed by atoms with van der Waals surface area (Å²) in [5, 5.41) is 18.8. The van der Waals surface area contributed by atoms with Crippen molar-refractivity contribution in [1.29, 1.82) is 10.5 Å². The van der Waals surface area contributed by atoms with E-state index in [1.165, 1.54) is 12.8 Å². The van der Waals surface area contributed by atoms with E-state index in [2.05, 4.69) is 23.1 Å². The smallest absolute Gasteiger partial charge is 0.152 e. The van der Waals surface area contributed by atoms with E-state index in [1.54, 1.807) is 6.07 Å². The number of hydrogen-bond acceptors (Lipinski definition) is 4. The second-order valence-corrected chi connectivity index (χ2v) is 6.92. The second kappa shape index (κ2) is 7.93. The molecule has 0 radical (unpaired) electrons. The van der Waals surface area contributed by atoms with Crippen molar-refractivity contribution < 1.29 is 4.74 Å². The highest BCUT2D eigenvalue weighted by molar-refractivity contribution is 5.67. The summed E-state index contributed by atoms with van der Waals surface area (Å²) >= 11 is 0. The molecule has 0 bridgehead atoms. The Bertz CT molecular complexity index is 861. The van der Waals surface area contributed by atoms with Gasteiger partial charge in [-0.1, -0.05) is 18.9 Å². The molecule has 1 aliphatic heterocycles. The average molecular weight is 345 g/mol. The Hall–Kier alpha value is -2.98. The summed E-state index contributed by atoms with van der Waals surface area (Å²) in [6.45, 7) is 5.96. The van der Waals surface area contributed by atoms with Crippen molar-refractivity contribution in [2.24, 2.45) is 0 Å². The molecule has 4 heteroatoms. The predicted octanol–water partition coefficient (Wildman–Crippen LogP) is 5.22. The first-order chi connectivity index (χ1) is 12.6. The number of nitriles is 2. The second-order valence-electron chi connectivity index (χ2n) is 6.92. The van der Waals surface area contributed by atoms with Gasteiger partial charge in [0.2, 0.25) is 0 Å². The third-order valence-corrected chi connectivity index (χ3v) is 4.71. The van der Waals surface area contributed by atoms with E-state index in [0.717, 1.165) is 48.5 Å². The Morgan fingerprint density at radius 3 is 1.96 bits per heavy atom. The van der Waals surface area contributed by atoms with E-state index in [0.29, 0.717) is 16.9 Å². The Morgan fingerprint density at radius 2 is 1.38 bits per heavy atom. The number of benzene rings is 2. The molecule has 1 aliphatic rings. The van der Waals surface area contributed by atoms with Crippen molar-refractivity contribution in [2.45, 2.75) is 39.5 Å². The highest BCUT2D eigenvalue weighted by Crippen LogP contribution is 2.36. The van der Waals surface area contributed by atoms with Gasteiger partial charge in [0.15, 0.2) is 5.75 Å². The number of anilines is 1. The summed E-state index contributed by atoms with van der Waals surface area (Å²) < 4.78 is 6.21. The van der Waals surface area contributed by atoms with Crippen LogP contribution in [0.3, 0.4) is 0 Å². The molecule has 1 saturated heterocycles. The maximum Gasteiger partial charge on any atom is 0.152 e. The summed E-state index contributed by atoms with van der Waals surface area (Å²) in [5.41, 5.74) is 3.92. The van der Waals surface area contributed by atoms with Gasteiger partial charge in [-0.3, -0.25) is 0 Å². The van der Waals surface area contributed by atoms with E-state index in [9.17, 15) is 10.5 Å². The van der Waals surface area contributed by atoms with Gasteiger partial charge in [-0.25, -0.2) is 0 Å². The van der Waals surface area contributed by atoms with Crippen LogP contribution in [-0.4, -0.2) is 13.1 Å². The Kier molecular flexibility index (Phi) is 5.44. The van der Waals surface area contributed by atoms with E-state index in [4.69, 9.17) is 4.74 Å². The molecular weight excluding hydrogens is 322 g/mol. The maximum atomic E-state index is 9.42. The normalized spacial score (nSPS) is 14.2. The minimum absolute atomic E-state index is 0.352. The van der Waals surface area contributed by atoms with Crippen LogP contribution in [-0.2, 0) is 0 Å². The fourth-order valence-electron chi connectivity index (χ4n) is 3.51. The van der Waals surface area contributed by atoms with Crippen molar-refractivity contribution in [3.63, 3.8) is 0 Å². The van der Waals surface area contributed by atoms with Crippen LogP contribution in [0.15, 0.2) is 30.3 Å². The van der Waals surface area contributed by atoms with Gasteiger partial charge in [-0.05, 0) is 56.0 Å². The quantitative estimate of drug-likeness (QED) is 0.765. The summed E-state index contributed by atoms with van der Waals surface area (Å²) in [6.07, 6.45) is 4.71. The van der Waals surface area contributed by atoms with E-state index < -0.39 is 0 Å². The molecule has 2 aromatic rings. The topological polar surface area (TPSA) is 60.0 Å². The maximum absolute atomic E-state index is 9.42. The average Bonchev–Trinajstić information content (AvgIpc) is 2.89. The van der Waals surface area contributed by atoms with Gasteiger partial charge in [-0.15, -0.1) is 0 Å². The number of aryl methyl sites for hydroxylation is 2. The minimum atomic E-state index is 0.352. The van der Waals surface area contributed by atoms with Gasteiger partial charge in [0, 0.05) is 19.2 Å². The molecule has 0 atom stereocenters. The molecule has 4 nitrogen and oxygen atoms in total. The van der Waals surface area contributed by atoms with Crippen LogP contribution >= 0.6 is 0 Å². The minimum Gasteiger partial charge on any atom is -0.455 e. The lowest BCUT2D eigenvalue weighted by atomic mass is 10.1. The van der Waals surface area contributed by atoms with Crippen LogP contribution in [0.4, 0.5) is 5.69 Å². The molecule has 0 aromatic heterocycles. The summed E-state index contributed by atoms with van der Waals surface area (Å²) in [6, 6.07) is 13.9. The monoisotopic (exact) mass is 345 g/mol. The lowest BCUT2D eigenvalue weighted by molar-refractivity contribution is 0.480. The van der Waals surface area contributed by atoms with Crippen LogP contribution in [0.5, 0.6) is 11.5 Å². The van der Waals surface area contributed by atoms with Crippen molar-refractivity contribution in [3.05, 3.63) is 52.6 Å². The SMILES string of the molecule is Cc1cc(C)cc(Oc2cc(C#N)c(C#N)cc2N2CCCCCC2)c1. The molecule has 26 heavy (non-hydrogen) atoms. The van der Waals surface area contributed by atoms with Gasteiger partial charge in [0.1, 0.15) is 17.9 Å². The predicted molar refractivity (Wildman–Crippen MR) is 103 cm³/mol. The molecule has 3 rings (SSSR count). The summed E-state index contributed by atoms with van der Waals surface area (Å²) in [4.78, 5) is 2.28. The first kappa shape index (κ1) is 17.8. The van der Waals surface area contributed by atoms with Crippen molar-refractivity contribution in [3.8, 4) is 23.6 Å². The molecule has 1 fully saturated rings. The van der Waals surface area contributed by atoms with E-state index in [1.807, 2.05) is 32.0 Å². The third-order valence-electron chi connectivity index (χ3n) is 4.71.